The van der Waals surface area contributed by atoms with Crippen LogP contribution in [0.5, 0.6) is 5.75 Å². The van der Waals surface area contributed by atoms with Gasteiger partial charge >= 0.3 is 6.03 Å². The highest BCUT2D eigenvalue weighted by Crippen LogP contribution is 2.25. The Hall–Kier alpha value is -2.82. The molecule has 2 amide bonds. The smallest absolute Gasteiger partial charge is 0.324 e. The second kappa shape index (κ2) is 8.25. The molecule has 1 saturated heterocycles. The number of ether oxygens (including phenoxy) is 1. The highest BCUT2D eigenvalue weighted by atomic mass is 16.5. The van der Waals surface area contributed by atoms with E-state index in [1.165, 1.54) is 0 Å². The summed E-state index contributed by atoms with van der Waals surface area (Å²) in [6.45, 7) is 3.19. The van der Waals surface area contributed by atoms with Crippen LogP contribution in [0.15, 0.2) is 48.5 Å². The largest absolute Gasteiger partial charge is 0.497 e. The van der Waals surface area contributed by atoms with E-state index in [2.05, 4.69) is 0 Å². The molecule has 1 aliphatic rings. The number of hydrogen-bond acceptors (Lipinski definition) is 3. The van der Waals surface area contributed by atoms with Crippen LogP contribution >= 0.6 is 0 Å². The van der Waals surface area contributed by atoms with Crippen molar-refractivity contribution in [1.82, 2.24) is 4.90 Å². The number of carbonyl (C=O) groups is 2. The monoisotopic (exact) mass is 366 g/mol. The van der Waals surface area contributed by atoms with Gasteiger partial charge in [0.15, 0.2) is 5.78 Å². The van der Waals surface area contributed by atoms with E-state index >= 15 is 0 Å². The van der Waals surface area contributed by atoms with Crippen molar-refractivity contribution >= 4 is 17.5 Å². The molecule has 5 heteroatoms. The topological polar surface area (TPSA) is 49.9 Å². The van der Waals surface area contributed by atoms with E-state index in [0.29, 0.717) is 25.9 Å². The molecular formula is C22H26N2O3. The van der Waals surface area contributed by atoms with Gasteiger partial charge in [0.1, 0.15) is 5.75 Å². The van der Waals surface area contributed by atoms with Crippen LogP contribution in [0.4, 0.5) is 10.5 Å². The molecule has 0 atom stereocenters. The molecule has 0 N–H and O–H groups in total. The zero-order chi connectivity index (χ0) is 19.4. The first-order valence-corrected chi connectivity index (χ1v) is 9.27. The van der Waals surface area contributed by atoms with Gasteiger partial charge < -0.3 is 9.64 Å². The number of benzene rings is 2. The van der Waals surface area contributed by atoms with Crippen LogP contribution in [0.1, 0.15) is 28.8 Å². The standard InChI is InChI=1S/C22H26N2O3/c1-16-5-4-6-18(15-16)21(25)17-11-13-24(14-12-17)22(26)23(2)19-7-9-20(27-3)10-8-19/h4-10,15,17H,11-14H2,1-3H3. The number of hydrogen-bond donors (Lipinski definition) is 0. The average molecular weight is 366 g/mol. The maximum Gasteiger partial charge on any atom is 0.324 e. The van der Waals surface area contributed by atoms with Gasteiger partial charge in [-0.3, -0.25) is 9.69 Å². The fourth-order valence-corrected chi connectivity index (χ4v) is 3.50. The molecule has 0 aromatic heterocycles. The molecule has 2 aromatic carbocycles. The van der Waals surface area contributed by atoms with Crippen LogP contribution in [0.25, 0.3) is 0 Å². The van der Waals surface area contributed by atoms with Gasteiger partial charge in [-0.05, 0) is 50.1 Å². The molecular weight excluding hydrogens is 340 g/mol. The van der Waals surface area contributed by atoms with Crippen molar-refractivity contribution in [2.45, 2.75) is 19.8 Å². The number of methoxy groups -OCH3 is 1. The third kappa shape index (κ3) is 4.30. The summed E-state index contributed by atoms with van der Waals surface area (Å²) in [5.74, 6) is 0.937. The van der Waals surface area contributed by atoms with Crippen molar-refractivity contribution in [1.29, 1.82) is 0 Å². The van der Waals surface area contributed by atoms with Gasteiger partial charge in [0.2, 0.25) is 0 Å². The molecule has 1 fully saturated rings. The number of likely N-dealkylation sites (tertiary alicyclic amines) is 1. The summed E-state index contributed by atoms with van der Waals surface area (Å²) < 4.78 is 5.16. The summed E-state index contributed by atoms with van der Waals surface area (Å²) in [5, 5.41) is 0. The minimum Gasteiger partial charge on any atom is -0.497 e. The number of nitrogens with zero attached hydrogens (tertiary/aromatic N) is 2. The number of piperidine rings is 1. The van der Waals surface area contributed by atoms with Crippen molar-refractivity contribution in [2.75, 3.05) is 32.1 Å². The molecule has 27 heavy (non-hydrogen) atoms. The summed E-state index contributed by atoms with van der Waals surface area (Å²) >= 11 is 0. The number of Topliss-reactive ketones (excluding diaryl/α,β-unsaturated/α-hetero) is 1. The average Bonchev–Trinajstić information content (AvgIpc) is 2.72. The lowest BCUT2D eigenvalue weighted by Gasteiger charge is -2.34. The van der Waals surface area contributed by atoms with E-state index in [4.69, 9.17) is 4.74 Å². The Morgan fingerprint density at radius 1 is 1.07 bits per heavy atom. The molecule has 1 heterocycles. The quantitative estimate of drug-likeness (QED) is 0.764. The van der Waals surface area contributed by atoms with Crippen molar-refractivity contribution in [3.63, 3.8) is 0 Å². The van der Waals surface area contributed by atoms with Crippen molar-refractivity contribution in [3.8, 4) is 5.75 Å². The first-order valence-electron chi connectivity index (χ1n) is 9.27. The molecule has 5 nitrogen and oxygen atoms in total. The highest BCUT2D eigenvalue weighted by molar-refractivity contribution is 5.98. The molecule has 0 unspecified atom stereocenters. The fraction of sp³-hybridized carbons (Fsp3) is 0.364. The van der Waals surface area contributed by atoms with Crippen LogP contribution in [-0.4, -0.2) is 44.0 Å². The molecule has 0 saturated carbocycles. The van der Waals surface area contributed by atoms with Crippen LogP contribution in [0.2, 0.25) is 0 Å². The summed E-state index contributed by atoms with van der Waals surface area (Å²) in [6.07, 6.45) is 1.41. The highest BCUT2D eigenvalue weighted by Gasteiger charge is 2.29. The normalized spacial score (nSPS) is 14.7. The van der Waals surface area contributed by atoms with Gasteiger partial charge in [-0.1, -0.05) is 23.8 Å². The lowest BCUT2D eigenvalue weighted by molar-refractivity contribution is 0.0857. The maximum absolute atomic E-state index is 12.8. The molecule has 0 aliphatic carbocycles. The van der Waals surface area contributed by atoms with Crippen molar-refractivity contribution in [3.05, 3.63) is 59.7 Å². The zero-order valence-electron chi connectivity index (χ0n) is 16.1. The second-order valence-corrected chi connectivity index (χ2v) is 7.03. The summed E-state index contributed by atoms with van der Waals surface area (Å²) in [7, 11) is 3.39. The molecule has 0 bridgehead atoms. The molecule has 1 aliphatic heterocycles. The first kappa shape index (κ1) is 19.0. The van der Waals surface area contributed by atoms with Crippen LogP contribution in [-0.2, 0) is 0 Å². The minimum atomic E-state index is -0.0402. The summed E-state index contributed by atoms with van der Waals surface area (Å²) in [6, 6.07) is 15.1. The lowest BCUT2D eigenvalue weighted by Crippen LogP contribution is -2.46. The van der Waals surface area contributed by atoms with Crippen molar-refractivity contribution in [2.24, 2.45) is 5.92 Å². The maximum atomic E-state index is 12.8. The number of urea groups is 1. The fourth-order valence-electron chi connectivity index (χ4n) is 3.50. The number of rotatable bonds is 4. The van der Waals surface area contributed by atoms with E-state index in [1.54, 1.807) is 19.1 Å². The van der Waals surface area contributed by atoms with E-state index in [1.807, 2.05) is 60.4 Å². The summed E-state index contributed by atoms with van der Waals surface area (Å²) in [5.41, 5.74) is 2.68. The number of ketones is 1. The van der Waals surface area contributed by atoms with E-state index < -0.39 is 0 Å². The Balaban J connectivity index is 1.59. The van der Waals surface area contributed by atoms with Gasteiger partial charge in [-0.25, -0.2) is 4.79 Å². The lowest BCUT2D eigenvalue weighted by atomic mass is 9.88. The first-order chi connectivity index (χ1) is 13.0. The SMILES string of the molecule is COc1ccc(N(C)C(=O)N2CCC(C(=O)c3cccc(C)c3)CC2)cc1. The van der Waals surface area contributed by atoms with Gasteiger partial charge in [0, 0.05) is 37.3 Å². The van der Waals surface area contributed by atoms with Gasteiger partial charge in [0.25, 0.3) is 0 Å². The predicted molar refractivity (Wildman–Crippen MR) is 107 cm³/mol. The number of amides is 2. The van der Waals surface area contributed by atoms with Gasteiger partial charge in [0.05, 0.1) is 7.11 Å². The zero-order valence-corrected chi connectivity index (χ0v) is 16.1. The van der Waals surface area contributed by atoms with Gasteiger partial charge in [-0.2, -0.15) is 0 Å². The van der Waals surface area contributed by atoms with Crippen molar-refractivity contribution < 1.29 is 14.3 Å². The molecule has 2 aromatic rings. The molecule has 3 rings (SSSR count). The molecule has 142 valence electrons. The van der Waals surface area contributed by atoms with Crippen LogP contribution in [0.3, 0.4) is 0 Å². The second-order valence-electron chi connectivity index (χ2n) is 7.03. The summed E-state index contributed by atoms with van der Waals surface area (Å²) in [4.78, 5) is 29.0. The molecule has 0 radical (unpaired) electrons. The Kier molecular flexibility index (Phi) is 5.79. The third-order valence-corrected chi connectivity index (χ3v) is 5.19. The Labute approximate surface area is 160 Å². The van der Waals surface area contributed by atoms with Crippen LogP contribution < -0.4 is 9.64 Å². The minimum absolute atomic E-state index is 0.0119. The predicted octanol–water partition coefficient (Wildman–Crippen LogP) is 4.15. The Morgan fingerprint density at radius 3 is 2.33 bits per heavy atom. The van der Waals surface area contributed by atoms with E-state index in [0.717, 1.165) is 22.6 Å². The van der Waals surface area contributed by atoms with E-state index in [-0.39, 0.29) is 17.7 Å². The van der Waals surface area contributed by atoms with E-state index in [9.17, 15) is 9.59 Å². The Bertz CT molecular complexity index is 809. The number of aryl methyl sites for hydroxylation is 1. The Morgan fingerprint density at radius 2 is 1.74 bits per heavy atom. The van der Waals surface area contributed by atoms with Gasteiger partial charge in [-0.15, -0.1) is 0 Å². The number of carbonyl (C=O) groups excluding carboxylic acids is 2. The molecule has 0 spiro atoms. The van der Waals surface area contributed by atoms with Crippen LogP contribution in [0, 0.1) is 12.8 Å². The number of anilines is 1. The third-order valence-electron chi connectivity index (χ3n) is 5.19.